The van der Waals surface area contributed by atoms with E-state index >= 15 is 0 Å². The minimum Gasteiger partial charge on any atom is -0.319 e. The molecule has 1 heterocycles. The summed E-state index contributed by atoms with van der Waals surface area (Å²) in [5.41, 5.74) is 1.34. The minimum atomic E-state index is 0.460. The lowest BCUT2D eigenvalue weighted by Gasteiger charge is -2.17. The summed E-state index contributed by atoms with van der Waals surface area (Å²) >= 11 is 5.35. The van der Waals surface area contributed by atoms with Crippen molar-refractivity contribution in [2.45, 2.75) is 12.3 Å². The highest BCUT2D eigenvalue weighted by Crippen LogP contribution is 2.27. The molecule has 0 radical (unpaired) electrons. The quantitative estimate of drug-likeness (QED) is 0.915. The maximum absolute atomic E-state index is 4.37. The Labute approximate surface area is 114 Å². The smallest absolute Gasteiger partial charge is 0.0931 e. The lowest BCUT2D eigenvalue weighted by atomic mass is 9.96. The van der Waals surface area contributed by atoms with Crippen LogP contribution in [0.4, 0.5) is 0 Å². The second-order valence-electron chi connectivity index (χ2n) is 3.91. The van der Waals surface area contributed by atoms with Gasteiger partial charge in [-0.15, -0.1) is 11.3 Å². The van der Waals surface area contributed by atoms with Crippen molar-refractivity contribution in [3.63, 3.8) is 0 Å². The molecular formula is C13H15BrN2S. The molecule has 1 atom stereocenters. The molecule has 1 N–H and O–H groups in total. The fourth-order valence-electron chi connectivity index (χ4n) is 1.91. The summed E-state index contributed by atoms with van der Waals surface area (Å²) in [7, 11) is 1.99. The third kappa shape index (κ3) is 3.37. The molecule has 17 heavy (non-hydrogen) atoms. The summed E-state index contributed by atoms with van der Waals surface area (Å²) in [5, 5.41) is 6.49. The van der Waals surface area contributed by atoms with Crippen LogP contribution in [-0.2, 0) is 6.42 Å². The van der Waals surface area contributed by atoms with Crippen LogP contribution in [0.25, 0.3) is 0 Å². The maximum Gasteiger partial charge on any atom is 0.0931 e. The highest BCUT2D eigenvalue weighted by atomic mass is 79.9. The Kier molecular flexibility index (Phi) is 4.71. The largest absolute Gasteiger partial charge is 0.319 e. The van der Waals surface area contributed by atoms with Crippen molar-refractivity contribution in [2.75, 3.05) is 13.6 Å². The normalized spacial score (nSPS) is 12.6. The first-order chi connectivity index (χ1) is 8.31. The molecule has 0 aliphatic heterocycles. The molecule has 0 aliphatic rings. The van der Waals surface area contributed by atoms with E-state index in [-0.39, 0.29) is 0 Å². The van der Waals surface area contributed by atoms with Crippen molar-refractivity contribution in [2.24, 2.45) is 0 Å². The van der Waals surface area contributed by atoms with Gasteiger partial charge in [-0.25, -0.2) is 4.98 Å². The van der Waals surface area contributed by atoms with Gasteiger partial charge in [0.1, 0.15) is 0 Å². The van der Waals surface area contributed by atoms with Gasteiger partial charge in [-0.1, -0.05) is 34.1 Å². The minimum absolute atomic E-state index is 0.460. The predicted molar refractivity (Wildman–Crippen MR) is 76.6 cm³/mol. The maximum atomic E-state index is 4.37. The van der Waals surface area contributed by atoms with Gasteiger partial charge >= 0.3 is 0 Å². The Balaban J connectivity index is 2.20. The number of hydrogen-bond acceptors (Lipinski definition) is 3. The van der Waals surface area contributed by atoms with E-state index in [1.807, 2.05) is 24.7 Å². The molecule has 90 valence electrons. The highest BCUT2D eigenvalue weighted by Gasteiger charge is 2.15. The van der Waals surface area contributed by atoms with E-state index in [0.29, 0.717) is 5.92 Å². The predicted octanol–water partition coefficient (Wildman–Crippen LogP) is 3.45. The highest BCUT2D eigenvalue weighted by molar-refractivity contribution is 9.10. The molecule has 1 aromatic carbocycles. The second-order valence-corrected chi connectivity index (χ2v) is 5.74. The number of benzene rings is 1. The number of likely N-dealkylation sites (N-methyl/N-ethyl adjacent to an activating group) is 1. The zero-order valence-electron chi connectivity index (χ0n) is 9.69. The number of aromatic nitrogens is 1. The molecule has 4 heteroatoms. The fraction of sp³-hybridized carbons (Fsp3) is 0.308. The van der Waals surface area contributed by atoms with Gasteiger partial charge in [0, 0.05) is 34.9 Å². The molecule has 0 saturated heterocycles. The topological polar surface area (TPSA) is 24.9 Å². The van der Waals surface area contributed by atoms with Gasteiger partial charge in [0.2, 0.25) is 0 Å². The van der Waals surface area contributed by atoms with Gasteiger partial charge in [0.05, 0.1) is 5.01 Å². The fourth-order valence-corrected chi connectivity index (χ4v) is 3.22. The Bertz CT molecular complexity index is 456. The average Bonchev–Trinajstić information content (AvgIpc) is 2.82. The number of hydrogen-bond donors (Lipinski definition) is 1. The molecule has 0 aliphatic carbocycles. The van der Waals surface area contributed by atoms with E-state index < -0.39 is 0 Å². The van der Waals surface area contributed by atoms with Gasteiger partial charge in [0.25, 0.3) is 0 Å². The van der Waals surface area contributed by atoms with Crippen molar-refractivity contribution in [1.82, 2.24) is 10.3 Å². The Morgan fingerprint density at radius 2 is 2.24 bits per heavy atom. The van der Waals surface area contributed by atoms with Crippen LogP contribution in [0.1, 0.15) is 16.5 Å². The lowest BCUT2D eigenvalue weighted by molar-refractivity contribution is 0.622. The monoisotopic (exact) mass is 310 g/mol. The molecule has 0 saturated carbocycles. The Morgan fingerprint density at radius 3 is 2.88 bits per heavy atom. The SMILES string of the molecule is CNCC(Cc1nccs1)c1ccccc1Br. The molecule has 1 aromatic heterocycles. The van der Waals surface area contributed by atoms with Crippen molar-refractivity contribution >= 4 is 27.3 Å². The zero-order valence-corrected chi connectivity index (χ0v) is 12.1. The van der Waals surface area contributed by atoms with E-state index in [4.69, 9.17) is 0 Å². The zero-order chi connectivity index (χ0) is 12.1. The molecule has 0 amide bonds. The first kappa shape index (κ1) is 12.7. The van der Waals surface area contributed by atoms with Gasteiger partial charge in [0.15, 0.2) is 0 Å². The lowest BCUT2D eigenvalue weighted by Crippen LogP contribution is -2.19. The summed E-state index contributed by atoms with van der Waals surface area (Å²) in [5.74, 6) is 0.460. The summed E-state index contributed by atoms with van der Waals surface area (Å²) in [6, 6.07) is 8.41. The molecular weight excluding hydrogens is 296 g/mol. The number of rotatable bonds is 5. The van der Waals surface area contributed by atoms with E-state index in [0.717, 1.165) is 13.0 Å². The molecule has 2 rings (SSSR count). The first-order valence-corrected chi connectivity index (χ1v) is 7.26. The summed E-state index contributed by atoms with van der Waals surface area (Å²) in [6.07, 6.45) is 2.86. The van der Waals surface area contributed by atoms with Crippen LogP contribution in [0.2, 0.25) is 0 Å². The van der Waals surface area contributed by atoms with Crippen molar-refractivity contribution in [3.05, 3.63) is 50.9 Å². The third-order valence-corrected chi connectivity index (χ3v) is 4.22. The molecule has 0 spiro atoms. The average molecular weight is 311 g/mol. The van der Waals surface area contributed by atoms with Crippen molar-refractivity contribution in [3.8, 4) is 0 Å². The summed E-state index contributed by atoms with van der Waals surface area (Å²) < 4.78 is 1.18. The summed E-state index contributed by atoms with van der Waals surface area (Å²) in [4.78, 5) is 4.37. The molecule has 0 bridgehead atoms. The van der Waals surface area contributed by atoms with Crippen LogP contribution >= 0.6 is 27.3 Å². The first-order valence-electron chi connectivity index (χ1n) is 5.58. The molecule has 2 aromatic rings. The molecule has 2 nitrogen and oxygen atoms in total. The van der Waals surface area contributed by atoms with Crippen LogP contribution < -0.4 is 5.32 Å². The van der Waals surface area contributed by atoms with E-state index in [1.165, 1.54) is 15.0 Å². The van der Waals surface area contributed by atoms with E-state index in [9.17, 15) is 0 Å². The third-order valence-electron chi connectivity index (χ3n) is 2.70. The van der Waals surface area contributed by atoms with Crippen molar-refractivity contribution < 1.29 is 0 Å². The van der Waals surface area contributed by atoms with Crippen molar-refractivity contribution in [1.29, 1.82) is 0 Å². The van der Waals surface area contributed by atoms with Gasteiger partial charge in [-0.3, -0.25) is 0 Å². The van der Waals surface area contributed by atoms with Gasteiger partial charge in [-0.2, -0.15) is 0 Å². The van der Waals surface area contributed by atoms with E-state index in [1.54, 1.807) is 11.3 Å². The van der Waals surface area contributed by atoms with Gasteiger partial charge < -0.3 is 5.32 Å². The van der Waals surface area contributed by atoms with Crippen LogP contribution in [0.3, 0.4) is 0 Å². The summed E-state index contributed by atoms with van der Waals surface area (Å²) in [6.45, 7) is 0.961. The molecule has 1 unspecified atom stereocenters. The Morgan fingerprint density at radius 1 is 1.41 bits per heavy atom. The number of thiazole rings is 1. The van der Waals surface area contributed by atoms with Crippen LogP contribution in [0.15, 0.2) is 40.3 Å². The molecule has 0 fully saturated rings. The van der Waals surface area contributed by atoms with E-state index in [2.05, 4.69) is 44.4 Å². The van der Waals surface area contributed by atoms with Crippen LogP contribution in [0.5, 0.6) is 0 Å². The standard InChI is InChI=1S/C13H15BrN2S/c1-15-9-10(8-13-16-6-7-17-13)11-4-2-3-5-12(11)14/h2-7,10,15H,8-9H2,1H3. The number of nitrogens with zero attached hydrogens (tertiary/aromatic N) is 1. The van der Waals surface area contributed by atoms with Gasteiger partial charge in [-0.05, 0) is 18.7 Å². The Hall–Kier alpha value is -0.710. The second kappa shape index (κ2) is 6.28. The van der Waals surface area contributed by atoms with Crippen LogP contribution in [-0.4, -0.2) is 18.6 Å². The number of nitrogens with one attached hydrogen (secondary N) is 1. The van der Waals surface area contributed by atoms with Crippen LogP contribution in [0, 0.1) is 0 Å². The number of halogens is 1.